The zero-order valence-electron chi connectivity index (χ0n) is 14.8. The van der Waals surface area contributed by atoms with Crippen LogP contribution in [-0.2, 0) is 9.26 Å². The van der Waals surface area contributed by atoms with Crippen molar-refractivity contribution in [1.82, 2.24) is 0 Å². The molecule has 0 aliphatic carbocycles. The van der Waals surface area contributed by atoms with Crippen LogP contribution in [0, 0.1) is 0 Å². The molecule has 0 spiro atoms. The first-order chi connectivity index (χ1) is 10.6. The van der Waals surface area contributed by atoms with Gasteiger partial charge in [-0.05, 0) is 36.3 Å². The van der Waals surface area contributed by atoms with E-state index >= 15 is 0 Å². The molecule has 0 bridgehead atoms. The van der Waals surface area contributed by atoms with Crippen molar-refractivity contribution in [2.75, 3.05) is 13.7 Å². The highest BCUT2D eigenvalue weighted by Gasteiger charge is 2.38. The number of nitrogens with zero attached hydrogens (tertiary/aromatic N) is 1. The fourth-order valence-electron chi connectivity index (χ4n) is 2.10. The van der Waals surface area contributed by atoms with E-state index in [1.165, 1.54) is 0 Å². The molecule has 1 unspecified atom stereocenters. The fourth-order valence-corrected chi connectivity index (χ4v) is 3.47. The molecule has 1 heterocycles. The van der Waals surface area contributed by atoms with Crippen molar-refractivity contribution in [2.45, 2.75) is 51.4 Å². The van der Waals surface area contributed by atoms with Crippen LogP contribution in [0.5, 0.6) is 5.75 Å². The maximum absolute atomic E-state index is 6.24. The summed E-state index contributed by atoms with van der Waals surface area (Å²) in [6, 6.07) is 5.93. The van der Waals surface area contributed by atoms with Crippen LogP contribution in [0.25, 0.3) is 0 Å². The average Bonchev–Trinajstić information content (AvgIpc) is 2.92. The first-order valence-electron chi connectivity index (χ1n) is 7.84. The van der Waals surface area contributed by atoms with E-state index in [-0.39, 0.29) is 11.1 Å². The maximum Gasteiger partial charge on any atom is 0.192 e. The van der Waals surface area contributed by atoms with Crippen LogP contribution in [0.15, 0.2) is 27.8 Å². The van der Waals surface area contributed by atoms with Gasteiger partial charge >= 0.3 is 0 Å². The second kappa shape index (κ2) is 6.95. The molecule has 1 aliphatic rings. The Kier molecular flexibility index (Phi) is 5.58. The Morgan fingerprint density at radius 3 is 2.65 bits per heavy atom. The lowest BCUT2D eigenvalue weighted by molar-refractivity contribution is 0.0427. The molecule has 0 saturated carbocycles. The highest BCUT2D eigenvalue weighted by Crippen LogP contribution is 2.37. The highest BCUT2D eigenvalue weighted by molar-refractivity contribution is 9.10. The molecule has 1 aromatic rings. The topological polar surface area (TPSA) is 40.0 Å². The number of methoxy groups -OCH3 is 1. The minimum atomic E-state index is -1.76. The van der Waals surface area contributed by atoms with E-state index in [1.54, 1.807) is 7.11 Å². The molecule has 6 heteroatoms. The second-order valence-corrected chi connectivity index (χ2v) is 13.1. The first-order valence-corrected chi connectivity index (χ1v) is 11.5. The third-order valence-corrected chi connectivity index (χ3v) is 9.64. The van der Waals surface area contributed by atoms with Crippen LogP contribution >= 0.6 is 15.9 Å². The lowest BCUT2D eigenvalue weighted by Crippen LogP contribution is -2.42. The van der Waals surface area contributed by atoms with E-state index in [4.69, 9.17) is 14.0 Å². The van der Waals surface area contributed by atoms with Crippen LogP contribution in [0.4, 0.5) is 0 Å². The molecule has 4 nitrogen and oxygen atoms in total. The largest absolute Gasteiger partial charge is 0.496 e. The summed E-state index contributed by atoms with van der Waals surface area (Å²) in [6.07, 6.45) is 0.722. The fraction of sp³-hybridized carbons (Fsp3) is 0.588. The Bertz CT molecular complexity index is 596. The van der Waals surface area contributed by atoms with Crippen LogP contribution in [0.3, 0.4) is 0 Å². The van der Waals surface area contributed by atoms with Gasteiger partial charge in [-0.15, -0.1) is 0 Å². The summed E-state index contributed by atoms with van der Waals surface area (Å²) in [4.78, 5) is 5.58. The Labute approximate surface area is 148 Å². The molecule has 1 aliphatic heterocycles. The van der Waals surface area contributed by atoms with Gasteiger partial charge in [0.1, 0.15) is 5.75 Å². The highest BCUT2D eigenvalue weighted by atomic mass is 79.9. The number of halogens is 1. The average molecular weight is 400 g/mol. The van der Waals surface area contributed by atoms with Gasteiger partial charge in [0.05, 0.1) is 19.4 Å². The number of rotatable bonds is 5. The van der Waals surface area contributed by atoms with Crippen molar-refractivity contribution in [1.29, 1.82) is 0 Å². The van der Waals surface area contributed by atoms with E-state index in [0.717, 1.165) is 27.9 Å². The minimum absolute atomic E-state index is 0.0209. The van der Waals surface area contributed by atoms with Crippen molar-refractivity contribution < 1.29 is 14.0 Å². The van der Waals surface area contributed by atoms with E-state index in [9.17, 15) is 0 Å². The Morgan fingerprint density at radius 2 is 2.04 bits per heavy atom. The third kappa shape index (κ3) is 4.36. The van der Waals surface area contributed by atoms with Gasteiger partial charge in [0, 0.05) is 16.5 Å². The molecule has 2 rings (SSSR count). The Balaban J connectivity index is 1.99. The van der Waals surface area contributed by atoms with E-state index in [1.807, 2.05) is 18.2 Å². The zero-order valence-corrected chi connectivity index (χ0v) is 17.4. The number of ether oxygens (including phenoxy) is 1. The summed E-state index contributed by atoms with van der Waals surface area (Å²) in [5.41, 5.74) is 1.89. The van der Waals surface area contributed by atoms with Gasteiger partial charge in [-0.2, -0.15) is 0 Å². The molecule has 1 aromatic carbocycles. The SMILES string of the molecule is COc1cc(Br)ccc1C1=NOC(CO[Si](C)(C)C(C)(C)C)C1. The quantitative estimate of drug-likeness (QED) is 0.655. The molecule has 0 fully saturated rings. The summed E-state index contributed by atoms with van der Waals surface area (Å²) in [5, 5.41) is 4.44. The van der Waals surface area contributed by atoms with Crippen molar-refractivity contribution in [3.63, 3.8) is 0 Å². The van der Waals surface area contributed by atoms with Gasteiger partial charge in [-0.25, -0.2) is 0 Å². The molecular weight excluding hydrogens is 374 g/mol. The van der Waals surface area contributed by atoms with Gasteiger partial charge in [-0.1, -0.05) is 41.9 Å². The Morgan fingerprint density at radius 1 is 1.35 bits per heavy atom. The van der Waals surface area contributed by atoms with Crippen LogP contribution in [0.1, 0.15) is 32.8 Å². The summed E-state index contributed by atoms with van der Waals surface area (Å²) < 4.78 is 12.7. The standard InChI is InChI=1S/C17H26BrNO3Si/c1-17(2,3)23(5,6)21-11-13-10-15(19-22-13)14-8-7-12(18)9-16(14)20-4/h7-9,13H,10-11H2,1-6H3. The lowest BCUT2D eigenvalue weighted by Gasteiger charge is -2.36. The van der Waals surface area contributed by atoms with Crippen molar-refractivity contribution in [2.24, 2.45) is 5.16 Å². The molecule has 0 radical (unpaired) electrons. The normalized spacial score (nSPS) is 18.6. The van der Waals surface area contributed by atoms with Crippen molar-refractivity contribution >= 4 is 30.0 Å². The van der Waals surface area contributed by atoms with E-state index in [2.05, 4.69) is 55.0 Å². The summed E-state index contributed by atoms with van der Waals surface area (Å²) in [7, 11) is -0.0944. The van der Waals surface area contributed by atoms with Gasteiger partial charge < -0.3 is 14.0 Å². The summed E-state index contributed by atoms with van der Waals surface area (Å²) in [5.74, 6) is 0.799. The van der Waals surface area contributed by atoms with Gasteiger partial charge in [0.2, 0.25) is 0 Å². The molecule has 0 aromatic heterocycles. The lowest BCUT2D eigenvalue weighted by atomic mass is 10.0. The monoisotopic (exact) mass is 399 g/mol. The van der Waals surface area contributed by atoms with Crippen LogP contribution in [-0.4, -0.2) is 33.8 Å². The molecule has 0 amide bonds. The van der Waals surface area contributed by atoms with Crippen LogP contribution in [0.2, 0.25) is 18.1 Å². The summed E-state index contributed by atoms with van der Waals surface area (Å²) in [6.45, 7) is 11.8. The molecule has 1 atom stereocenters. The molecule has 23 heavy (non-hydrogen) atoms. The number of hydrogen-bond donors (Lipinski definition) is 0. The van der Waals surface area contributed by atoms with E-state index in [0.29, 0.717) is 6.61 Å². The molecule has 128 valence electrons. The second-order valence-electron chi connectivity index (χ2n) is 7.39. The Hall–Kier alpha value is -0.853. The van der Waals surface area contributed by atoms with Crippen molar-refractivity contribution in [3.8, 4) is 5.75 Å². The minimum Gasteiger partial charge on any atom is -0.496 e. The van der Waals surface area contributed by atoms with Gasteiger partial charge in [0.15, 0.2) is 14.4 Å². The first kappa shape index (κ1) is 18.5. The molecule has 0 saturated heterocycles. The van der Waals surface area contributed by atoms with Crippen LogP contribution < -0.4 is 4.74 Å². The predicted octanol–water partition coefficient (Wildman–Crippen LogP) is 4.97. The number of oxime groups is 1. The number of benzene rings is 1. The van der Waals surface area contributed by atoms with Gasteiger partial charge in [-0.3, -0.25) is 0 Å². The van der Waals surface area contributed by atoms with Crippen molar-refractivity contribution in [3.05, 3.63) is 28.2 Å². The summed E-state index contributed by atoms with van der Waals surface area (Å²) >= 11 is 3.46. The predicted molar refractivity (Wildman–Crippen MR) is 99.9 cm³/mol. The zero-order chi connectivity index (χ0) is 17.3. The number of hydrogen-bond acceptors (Lipinski definition) is 4. The molecular formula is C17H26BrNO3Si. The van der Waals surface area contributed by atoms with Gasteiger partial charge in [0.25, 0.3) is 0 Å². The third-order valence-electron chi connectivity index (χ3n) is 4.64. The molecule has 0 N–H and O–H groups in total. The maximum atomic E-state index is 6.24. The van der Waals surface area contributed by atoms with E-state index < -0.39 is 8.32 Å². The smallest absolute Gasteiger partial charge is 0.192 e.